The standard InChI is InChI=1S/C10H12ClN5/c1-6(2)8-9(12)13-5-14-10(8)16-4-7(11)3-15-16/h3-6H,1-2H3,(H2,12,13,14). The van der Waals surface area contributed by atoms with E-state index in [1.54, 1.807) is 17.1 Å². The Morgan fingerprint density at radius 3 is 2.69 bits per heavy atom. The van der Waals surface area contributed by atoms with Gasteiger partial charge in [-0.25, -0.2) is 14.6 Å². The fourth-order valence-electron chi connectivity index (χ4n) is 1.55. The van der Waals surface area contributed by atoms with Crippen molar-refractivity contribution < 1.29 is 0 Å². The Morgan fingerprint density at radius 2 is 2.12 bits per heavy atom. The molecule has 6 heteroatoms. The van der Waals surface area contributed by atoms with Gasteiger partial charge in [0.05, 0.1) is 17.4 Å². The Hall–Kier alpha value is -1.62. The molecular weight excluding hydrogens is 226 g/mol. The Kier molecular flexibility index (Phi) is 2.78. The Bertz CT molecular complexity index is 506. The molecule has 0 amide bonds. The second-order valence-corrected chi connectivity index (χ2v) is 4.19. The summed E-state index contributed by atoms with van der Waals surface area (Å²) in [5.74, 6) is 1.38. The van der Waals surface area contributed by atoms with Crippen LogP contribution in [0.2, 0.25) is 5.02 Å². The molecule has 2 N–H and O–H groups in total. The van der Waals surface area contributed by atoms with Gasteiger partial charge in [-0.05, 0) is 5.92 Å². The molecule has 0 aliphatic rings. The van der Waals surface area contributed by atoms with Crippen LogP contribution in [0.3, 0.4) is 0 Å². The fourth-order valence-corrected chi connectivity index (χ4v) is 1.69. The molecule has 2 aromatic heterocycles. The van der Waals surface area contributed by atoms with Gasteiger partial charge in [0, 0.05) is 5.56 Å². The zero-order chi connectivity index (χ0) is 11.7. The Morgan fingerprint density at radius 1 is 1.38 bits per heavy atom. The number of halogens is 1. The third kappa shape index (κ3) is 1.86. The molecule has 0 fully saturated rings. The number of nitrogen functional groups attached to an aromatic ring is 1. The van der Waals surface area contributed by atoms with E-state index >= 15 is 0 Å². The molecule has 16 heavy (non-hydrogen) atoms. The van der Waals surface area contributed by atoms with Crippen molar-refractivity contribution >= 4 is 17.4 Å². The highest BCUT2D eigenvalue weighted by molar-refractivity contribution is 6.30. The van der Waals surface area contributed by atoms with Gasteiger partial charge in [-0.15, -0.1) is 0 Å². The van der Waals surface area contributed by atoms with E-state index in [9.17, 15) is 0 Å². The first-order valence-corrected chi connectivity index (χ1v) is 5.28. The maximum absolute atomic E-state index is 5.84. The van der Waals surface area contributed by atoms with Crippen LogP contribution < -0.4 is 5.73 Å². The monoisotopic (exact) mass is 237 g/mol. The predicted octanol–water partition coefficient (Wildman–Crippen LogP) is 2.02. The molecule has 0 bridgehead atoms. The minimum absolute atomic E-state index is 0.221. The second-order valence-electron chi connectivity index (χ2n) is 3.75. The number of anilines is 1. The average molecular weight is 238 g/mol. The molecule has 0 spiro atoms. The summed E-state index contributed by atoms with van der Waals surface area (Å²) in [6.07, 6.45) is 4.67. The third-order valence-electron chi connectivity index (χ3n) is 2.24. The zero-order valence-electron chi connectivity index (χ0n) is 9.05. The van der Waals surface area contributed by atoms with Crippen LogP contribution >= 0.6 is 11.6 Å². The van der Waals surface area contributed by atoms with E-state index < -0.39 is 0 Å². The van der Waals surface area contributed by atoms with Crippen LogP contribution in [-0.4, -0.2) is 19.7 Å². The van der Waals surface area contributed by atoms with E-state index in [2.05, 4.69) is 15.1 Å². The zero-order valence-corrected chi connectivity index (χ0v) is 9.81. The molecule has 0 atom stereocenters. The van der Waals surface area contributed by atoms with Crippen LogP contribution in [0.5, 0.6) is 0 Å². The molecule has 2 aromatic rings. The minimum Gasteiger partial charge on any atom is -0.383 e. The van der Waals surface area contributed by atoms with Gasteiger partial charge in [0.25, 0.3) is 0 Å². The lowest BCUT2D eigenvalue weighted by molar-refractivity contribution is 0.776. The molecule has 2 heterocycles. The minimum atomic E-state index is 0.221. The van der Waals surface area contributed by atoms with Gasteiger partial charge >= 0.3 is 0 Å². The molecule has 0 saturated carbocycles. The number of nitrogens with zero attached hydrogens (tertiary/aromatic N) is 4. The summed E-state index contributed by atoms with van der Waals surface area (Å²) in [7, 11) is 0. The molecule has 84 valence electrons. The van der Waals surface area contributed by atoms with E-state index in [1.165, 1.54) is 6.33 Å². The Labute approximate surface area is 98.3 Å². The number of hydrogen-bond acceptors (Lipinski definition) is 4. The number of rotatable bonds is 2. The lowest BCUT2D eigenvalue weighted by Crippen LogP contribution is -2.09. The highest BCUT2D eigenvalue weighted by atomic mass is 35.5. The highest BCUT2D eigenvalue weighted by Crippen LogP contribution is 2.25. The molecule has 2 rings (SSSR count). The average Bonchev–Trinajstić information content (AvgIpc) is 2.63. The van der Waals surface area contributed by atoms with Crippen LogP contribution in [-0.2, 0) is 0 Å². The number of nitrogens with two attached hydrogens (primary N) is 1. The van der Waals surface area contributed by atoms with Gasteiger partial charge < -0.3 is 5.73 Å². The first-order valence-electron chi connectivity index (χ1n) is 4.90. The van der Waals surface area contributed by atoms with Gasteiger partial charge in [0.1, 0.15) is 12.1 Å². The summed E-state index contributed by atoms with van der Waals surface area (Å²) in [5.41, 5.74) is 6.72. The van der Waals surface area contributed by atoms with E-state index in [0.717, 1.165) is 5.56 Å². The fraction of sp³-hybridized carbons (Fsp3) is 0.300. The topological polar surface area (TPSA) is 69.6 Å². The van der Waals surface area contributed by atoms with Crippen LogP contribution in [0, 0.1) is 0 Å². The molecule has 5 nitrogen and oxygen atoms in total. The van der Waals surface area contributed by atoms with Gasteiger partial charge in [-0.1, -0.05) is 25.4 Å². The number of hydrogen-bond donors (Lipinski definition) is 1. The van der Waals surface area contributed by atoms with Crippen LogP contribution in [0.25, 0.3) is 5.82 Å². The summed E-state index contributed by atoms with van der Waals surface area (Å²) in [6.45, 7) is 4.06. The molecule has 0 aromatic carbocycles. The molecule has 0 aliphatic carbocycles. The Balaban J connectivity index is 2.60. The SMILES string of the molecule is CC(C)c1c(N)ncnc1-n1cc(Cl)cn1. The van der Waals surface area contributed by atoms with E-state index in [-0.39, 0.29) is 5.92 Å². The van der Waals surface area contributed by atoms with Crippen molar-refractivity contribution in [1.82, 2.24) is 19.7 Å². The van der Waals surface area contributed by atoms with Crippen molar-refractivity contribution in [2.24, 2.45) is 0 Å². The van der Waals surface area contributed by atoms with Crippen molar-refractivity contribution in [2.75, 3.05) is 5.73 Å². The van der Waals surface area contributed by atoms with Crippen molar-refractivity contribution in [3.8, 4) is 5.82 Å². The summed E-state index contributed by atoms with van der Waals surface area (Å²) < 4.78 is 1.61. The van der Waals surface area contributed by atoms with E-state index in [0.29, 0.717) is 16.7 Å². The predicted molar refractivity (Wildman–Crippen MR) is 62.7 cm³/mol. The van der Waals surface area contributed by atoms with Gasteiger partial charge in [0.2, 0.25) is 0 Å². The van der Waals surface area contributed by atoms with Crippen molar-refractivity contribution in [3.05, 3.63) is 29.3 Å². The van der Waals surface area contributed by atoms with Crippen molar-refractivity contribution in [1.29, 1.82) is 0 Å². The maximum atomic E-state index is 5.84. The summed E-state index contributed by atoms with van der Waals surface area (Å²) in [4.78, 5) is 8.18. The third-order valence-corrected chi connectivity index (χ3v) is 2.43. The molecule has 0 saturated heterocycles. The van der Waals surface area contributed by atoms with Crippen LogP contribution in [0.4, 0.5) is 5.82 Å². The molecule has 0 unspecified atom stereocenters. The van der Waals surface area contributed by atoms with Crippen LogP contribution in [0.15, 0.2) is 18.7 Å². The van der Waals surface area contributed by atoms with Crippen molar-refractivity contribution in [3.63, 3.8) is 0 Å². The summed E-state index contributed by atoms with van der Waals surface area (Å²) in [5, 5.41) is 4.67. The second kappa shape index (κ2) is 4.09. The summed E-state index contributed by atoms with van der Waals surface area (Å²) in [6, 6.07) is 0. The number of aromatic nitrogens is 4. The van der Waals surface area contributed by atoms with E-state index in [1.807, 2.05) is 13.8 Å². The van der Waals surface area contributed by atoms with Crippen LogP contribution in [0.1, 0.15) is 25.3 Å². The maximum Gasteiger partial charge on any atom is 0.162 e. The quantitative estimate of drug-likeness (QED) is 0.868. The van der Waals surface area contributed by atoms with E-state index in [4.69, 9.17) is 17.3 Å². The molecular formula is C10H12ClN5. The van der Waals surface area contributed by atoms with Gasteiger partial charge in [-0.3, -0.25) is 0 Å². The first kappa shape index (κ1) is 10.9. The molecule has 0 aliphatic heterocycles. The smallest absolute Gasteiger partial charge is 0.162 e. The lowest BCUT2D eigenvalue weighted by atomic mass is 10.1. The van der Waals surface area contributed by atoms with Crippen molar-refractivity contribution in [2.45, 2.75) is 19.8 Å². The largest absolute Gasteiger partial charge is 0.383 e. The highest BCUT2D eigenvalue weighted by Gasteiger charge is 2.14. The lowest BCUT2D eigenvalue weighted by Gasteiger charge is -2.12. The van der Waals surface area contributed by atoms with Gasteiger partial charge in [-0.2, -0.15) is 5.10 Å². The first-order chi connectivity index (χ1) is 7.59. The van der Waals surface area contributed by atoms with Gasteiger partial charge in [0.15, 0.2) is 5.82 Å². The normalized spacial score (nSPS) is 11.0. The summed E-state index contributed by atoms with van der Waals surface area (Å²) >= 11 is 5.82. The molecule has 0 radical (unpaired) electrons.